The number of aryl methyl sites for hydroxylation is 2. The molecule has 2 aromatic carbocycles. The van der Waals surface area contributed by atoms with Gasteiger partial charge in [0.05, 0.1) is 7.11 Å². The molecule has 170 valence electrons. The smallest absolute Gasteiger partial charge is 0.289 e. The lowest BCUT2D eigenvalue weighted by molar-refractivity contribution is 0.0674. The van der Waals surface area contributed by atoms with E-state index in [0.29, 0.717) is 30.6 Å². The van der Waals surface area contributed by atoms with Gasteiger partial charge in [0.1, 0.15) is 11.3 Å². The highest BCUT2D eigenvalue weighted by Gasteiger charge is 2.30. The third-order valence-electron chi connectivity index (χ3n) is 6.52. The van der Waals surface area contributed by atoms with Crippen LogP contribution in [0.3, 0.4) is 0 Å². The third-order valence-corrected chi connectivity index (χ3v) is 6.52. The molecule has 1 fully saturated rings. The zero-order valence-electron chi connectivity index (χ0n) is 19.1. The van der Waals surface area contributed by atoms with Crippen molar-refractivity contribution in [3.05, 3.63) is 65.2 Å². The zero-order chi connectivity index (χ0) is 22.9. The molecule has 4 aromatic rings. The van der Waals surface area contributed by atoms with Crippen molar-refractivity contribution >= 4 is 16.9 Å². The Morgan fingerprint density at radius 3 is 2.61 bits per heavy atom. The highest BCUT2D eigenvalue weighted by molar-refractivity contribution is 5.99. The molecule has 0 saturated carbocycles. The predicted octanol–water partition coefficient (Wildman–Crippen LogP) is 5.38. The van der Waals surface area contributed by atoms with Crippen LogP contribution in [-0.4, -0.2) is 41.1 Å². The summed E-state index contributed by atoms with van der Waals surface area (Å²) >= 11 is 0. The molecule has 0 N–H and O–H groups in total. The van der Waals surface area contributed by atoms with Crippen molar-refractivity contribution in [2.24, 2.45) is 0 Å². The van der Waals surface area contributed by atoms with Gasteiger partial charge in [-0.3, -0.25) is 4.79 Å². The largest absolute Gasteiger partial charge is 0.497 e. The molecule has 1 aliphatic heterocycles. The first-order valence-electron chi connectivity index (χ1n) is 11.4. The normalized spacial score (nSPS) is 14.7. The zero-order valence-corrected chi connectivity index (χ0v) is 19.1. The number of fused-ring (bicyclic) bond motifs is 1. The summed E-state index contributed by atoms with van der Waals surface area (Å²) < 4.78 is 16.7. The van der Waals surface area contributed by atoms with Gasteiger partial charge in [-0.1, -0.05) is 18.1 Å². The van der Waals surface area contributed by atoms with E-state index >= 15 is 0 Å². The number of amides is 1. The Balaban J connectivity index is 1.26. The van der Waals surface area contributed by atoms with E-state index in [4.69, 9.17) is 13.7 Å². The van der Waals surface area contributed by atoms with Gasteiger partial charge in [-0.15, -0.1) is 0 Å². The number of furan rings is 1. The van der Waals surface area contributed by atoms with Crippen molar-refractivity contribution in [1.29, 1.82) is 0 Å². The van der Waals surface area contributed by atoms with E-state index in [2.05, 4.69) is 29.2 Å². The highest BCUT2D eigenvalue weighted by atomic mass is 16.5. The molecule has 0 bridgehead atoms. The summed E-state index contributed by atoms with van der Waals surface area (Å²) in [4.78, 5) is 19.7. The molecular formula is C26H27N3O4. The second-order valence-corrected chi connectivity index (χ2v) is 8.49. The minimum atomic E-state index is -0.0513. The molecule has 0 radical (unpaired) electrons. The maximum absolute atomic E-state index is 13.2. The van der Waals surface area contributed by atoms with Gasteiger partial charge in [0.25, 0.3) is 5.91 Å². The Bertz CT molecular complexity index is 1280. The van der Waals surface area contributed by atoms with Crippen LogP contribution in [0, 0.1) is 6.92 Å². The topological polar surface area (TPSA) is 81.6 Å². The average Bonchev–Trinajstić information content (AvgIpc) is 3.49. The fraction of sp³-hybridized carbons (Fsp3) is 0.346. The lowest BCUT2D eigenvalue weighted by Crippen LogP contribution is -2.38. The number of ether oxygens (including phenoxy) is 1. The van der Waals surface area contributed by atoms with Gasteiger partial charge in [0.15, 0.2) is 5.76 Å². The summed E-state index contributed by atoms with van der Waals surface area (Å²) in [6, 6.07) is 13.7. The molecule has 3 heterocycles. The van der Waals surface area contributed by atoms with Crippen LogP contribution in [0.4, 0.5) is 0 Å². The first-order chi connectivity index (χ1) is 16.1. The number of benzene rings is 2. The molecular weight excluding hydrogens is 418 g/mol. The van der Waals surface area contributed by atoms with E-state index < -0.39 is 0 Å². The fourth-order valence-electron chi connectivity index (χ4n) is 4.42. The molecule has 2 aromatic heterocycles. The van der Waals surface area contributed by atoms with E-state index in [-0.39, 0.29) is 11.8 Å². The van der Waals surface area contributed by atoms with Crippen LogP contribution in [-0.2, 0) is 6.42 Å². The van der Waals surface area contributed by atoms with E-state index in [1.54, 1.807) is 7.11 Å². The highest BCUT2D eigenvalue weighted by Crippen LogP contribution is 2.32. The average molecular weight is 446 g/mol. The fourth-order valence-corrected chi connectivity index (χ4v) is 4.42. The van der Waals surface area contributed by atoms with Crippen molar-refractivity contribution in [2.75, 3.05) is 20.2 Å². The number of methoxy groups -OCH3 is 1. The van der Waals surface area contributed by atoms with Crippen LogP contribution in [0.15, 0.2) is 51.4 Å². The number of carbonyl (C=O) groups is 1. The predicted molar refractivity (Wildman–Crippen MR) is 124 cm³/mol. The number of hydrogen-bond donors (Lipinski definition) is 0. The van der Waals surface area contributed by atoms with Crippen LogP contribution in [0.1, 0.15) is 53.3 Å². The van der Waals surface area contributed by atoms with E-state index in [1.165, 1.54) is 5.56 Å². The van der Waals surface area contributed by atoms with Crippen molar-refractivity contribution in [3.63, 3.8) is 0 Å². The molecule has 1 aliphatic rings. The van der Waals surface area contributed by atoms with Gasteiger partial charge in [0.2, 0.25) is 11.7 Å². The minimum Gasteiger partial charge on any atom is -0.497 e. The van der Waals surface area contributed by atoms with E-state index in [1.807, 2.05) is 42.2 Å². The number of aromatic nitrogens is 2. The number of piperidine rings is 1. The van der Waals surface area contributed by atoms with Crippen LogP contribution < -0.4 is 4.74 Å². The van der Waals surface area contributed by atoms with Crippen molar-refractivity contribution in [3.8, 4) is 17.1 Å². The number of nitrogens with zero attached hydrogens (tertiary/aromatic N) is 3. The monoisotopic (exact) mass is 445 g/mol. The second kappa shape index (κ2) is 8.73. The molecule has 7 heteroatoms. The maximum atomic E-state index is 13.2. The van der Waals surface area contributed by atoms with Crippen LogP contribution in [0.5, 0.6) is 5.75 Å². The van der Waals surface area contributed by atoms with Crippen LogP contribution in [0.25, 0.3) is 22.4 Å². The molecule has 0 spiro atoms. The Hall–Kier alpha value is -3.61. The third kappa shape index (κ3) is 3.99. The van der Waals surface area contributed by atoms with Gasteiger partial charge in [-0.05, 0) is 68.1 Å². The molecule has 5 rings (SSSR count). The quantitative estimate of drug-likeness (QED) is 0.410. The Morgan fingerprint density at radius 2 is 1.91 bits per heavy atom. The number of carbonyl (C=O) groups excluding carboxylic acids is 1. The molecule has 33 heavy (non-hydrogen) atoms. The minimum absolute atomic E-state index is 0.0513. The Morgan fingerprint density at radius 1 is 1.15 bits per heavy atom. The number of hydrogen-bond acceptors (Lipinski definition) is 6. The summed E-state index contributed by atoms with van der Waals surface area (Å²) in [6.45, 7) is 5.33. The van der Waals surface area contributed by atoms with E-state index in [9.17, 15) is 4.79 Å². The SMILES string of the molecule is CCc1ccc2oc(C(=O)N3CCC(c4nc(-c5ccc(OC)cc5)no4)CC3)c(C)c2c1. The summed E-state index contributed by atoms with van der Waals surface area (Å²) in [6.07, 6.45) is 2.50. The lowest BCUT2D eigenvalue weighted by Gasteiger charge is -2.29. The first kappa shape index (κ1) is 21.2. The number of rotatable bonds is 5. The Labute approximate surface area is 192 Å². The molecule has 1 saturated heterocycles. The summed E-state index contributed by atoms with van der Waals surface area (Å²) in [7, 11) is 1.64. The molecule has 7 nitrogen and oxygen atoms in total. The van der Waals surface area contributed by atoms with Gasteiger partial charge < -0.3 is 18.6 Å². The number of likely N-dealkylation sites (tertiary alicyclic amines) is 1. The second-order valence-electron chi connectivity index (χ2n) is 8.49. The summed E-state index contributed by atoms with van der Waals surface area (Å²) in [5.74, 6) is 2.50. The summed E-state index contributed by atoms with van der Waals surface area (Å²) in [5.41, 5.74) is 3.79. The Kier molecular flexibility index (Phi) is 5.62. The maximum Gasteiger partial charge on any atom is 0.289 e. The van der Waals surface area contributed by atoms with Gasteiger partial charge in [-0.2, -0.15) is 4.98 Å². The van der Waals surface area contributed by atoms with Crippen LogP contribution >= 0.6 is 0 Å². The molecule has 0 aliphatic carbocycles. The van der Waals surface area contributed by atoms with Crippen molar-refractivity contribution in [2.45, 2.75) is 39.0 Å². The van der Waals surface area contributed by atoms with Crippen LogP contribution in [0.2, 0.25) is 0 Å². The molecule has 0 atom stereocenters. The van der Waals surface area contributed by atoms with Gasteiger partial charge >= 0.3 is 0 Å². The van der Waals surface area contributed by atoms with Gasteiger partial charge in [0, 0.05) is 35.5 Å². The van der Waals surface area contributed by atoms with Crippen molar-refractivity contribution < 1.29 is 18.5 Å². The van der Waals surface area contributed by atoms with Gasteiger partial charge in [-0.25, -0.2) is 0 Å². The lowest BCUT2D eigenvalue weighted by atomic mass is 9.96. The molecule has 0 unspecified atom stereocenters. The molecule has 1 amide bonds. The first-order valence-corrected chi connectivity index (χ1v) is 11.4. The van der Waals surface area contributed by atoms with E-state index in [0.717, 1.165) is 47.1 Å². The van der Waals surface area contributed by atoms with Crippen molar-refractivity contribution in [1.82, 2.24) is 15.0 Å². The summed E-state index contributed by atoms with van der Waals surface area (Å²) in [5, 5.41) is 5.16. The standard InChI is InChI=1S/C26H27N3O4/c1-4-17-5-10-22-21(15-17)16(2)23(32-22)26(30)29-13-11-19(12-14-29)25-27-24(28-33-25)18-6-8-20(31-3)9-7-18/h5-10,15,19H,4,11-14H2,1-3H3.